The number of ketones is 1. The van der Waals surface area contributed by atoms with E-state index in [4.69, 9.17) is 28.1 Å². The number of carbonyl (C=O) groups is 1. The van der Waals surface area contributed by atoms with Gasteiger partial charge in [-0.25, -0.2) is 0 Å². The van der Waals surface area contributed by atoms with Crippen LogP contribution in [0.5, 0.6) is 34.5 Å². The summed E-state index contributed by atoms with van der Waals surface area (Å²) < 4.78 is 34.5. The van der Waals surface area contributed by atoms with E-state index in [0.29, 0.717) is 45.6 Å². The second-order valence-electron chi connectivity index (χ2n) is 10.8. The molecule has 0 aliphatic heterocycles. The second kappa shape index (κ2) is 11.8. The highest BCUT2D eigenvalue weighted by molar-refractivity contribution is 6.49. The average molecular weight is 577 g/mol. The van der Waals surface area contributed by atoms with Crippen molar-refractivity contribution >= 4 is 25.7 Å². The van der Waals surface area contributed by atoms with Crippen molar-refractivity contribution in [3.63, 3.8) is 0 Å². The van der Waals surface area contributed by atoms with Gasteiger partial charge in [0.05, 0.1) is 52.3 Å². The molecule has 1 N–H and O–H groups in total. The molecule has 0 aliphatic carbocycles. The summed E-state index contributed by atoms with van der Waals surface area (Å²) in [4.78, 5) is 18.0. The van der Waals surface area contributed by atoms with E-state index < -0.39 is 9.04 Å². The molecule has 4 aromatic rings. The summed E-state index contributed by atoms with van der Waals surface area (Å²) in [6, 6.07) is 12.8. The highest BCUT2D eigenvalue weighted by Crippen LogP contribution is 2.47. The van der Waals surface area contributed by atoms with Crippen LogP contribution in [0.2, 0.25) is 13.1 Å². The maximum atomic E-state index is 14.5. The summed E-state index contributed by atoms with van der Waals surface area (Å²) in [6.45, 7) is 10.5. The first-order valence-corrected chi connectivity index (χ1v) is 15.6. The number of carbonyl (C=O) groups excluding carboxylic acids is 1. The molecule has 8 nitrogen and oxygen atoms in total. The van der Waals surface area contributed by atoms with Gasteiger partial charge in [0.15, 0.2) is 17.3 Å². The molecule has 4 rings (SSSR count). The fourth-order valence-electron chi connectivity index (χ4n) is 5.05. The van der Waals surface area contributed by atoms with Gasteiger partial charge in [-0.05, 0) is 54.9 Å². The Kier molecular flexibility index (Phi) is 8.58. The fourth-order valence-corrected chi connectivity index (χ4v) is 5.67. The van der Waals surface area contributed by atoms with Gasteiger partial charge in [-0.1, -0.05) is 20.8 Å². The van der Waals surface area contributed by atoms with Crippen LogP contribution in [0.15, 0.2) is 42.5 Å². The molecule has 0 saturated heterocycles. The van der Waals surface area contributed by atoms with Gasteiger partial charge < -0.3 is 33.1 Å². The third-order valence-electron chi connectivity index (χ3n) is 6.82. The van der Waals surface area contributed by atoms with Crippen molar-refractivity contribution in [2.45, 2.75) is 39.3 Å². The molecule has 9 heteroatoms. The van der Waals surface area contributed by atoms with Crippen molar-refractivity contribution in [1.82, 2.24) is 4.98 Å². The molecule has 0 unspecified atom stereocenters. The maximum Gasteiger partial charge on any atom is 0.274 e. The molecule has 1 radical (unpaired) electrons. The Labute approximate surface area is 243 Å². The van der Waals surface area contributed by atoms with Crippen molar-refractivity contribution in [3.8, 4) is 45.8 Å². The van der Waals surface area contributed by atoms with Crippen molar-refractivity contribution in [2.75, 3.05) is 35.5 Å². The second-order valence-corrected chi connectivity index (χ2v) is 12.8. The highest BCUT2D eigenvalue weighted by atomic mass is 28.3. The molecule has 41 heavy (non-hydrogen) atoms. The molecule has 217 valence electrons. The molecule has 3 aromatic carbocycles. The smallest absolute Gasteiger partial charge is 0.274 e. The number of fused-ring (bicyclic) bond motifs is 1. The van der Waals surface area contributed by atoms with E-state index in [2.05, 4.69) is 38.8 Å². The number of hydrogen-bond donors (Lipinski definition) is 1. The van der Waals surface area contributed by atoms with Gasteiger partial charge >= 0.3 is 0 Å². The standard InChI is InChI=1S/C32H38NO7Si/c1-32(2,3)27-23(36-5)14-13-21(30(27)40-41(9)10)28-26(20-12-11-19(35-4)17-22(20)33-28)29(34)18-15-24(37-6)31(39-8)25(16-18)38-7/h11-17,33H,1-10H3. The summed E-state index contributed by atoms with van der Waals surface area (Å²) in [5.41, 5.74) is 3.68. The first-order valence-electron chi connectivity index (χ1n) is 13.2. The summed E-state index contributed by atoms with van der Waals surface area (Å²) in [7, 11) is 6.66. The van der Waals surface area contributed by atoms with Crippen molar-refractivity contribution in [1.29, 1.82) is 0 Å². The van der Waals surface area contributed by atoms with Gasteiger partial charge in [-0.3, -0.25) is 4.79 Å². The number of aromatic amines is 1. The van der Waals surface area contributed by atoms with Crippen LogP contribution in [-0.4, -0.2) is 55.4 Å². The molecular formula is C32H38NO7Si. The lowest BCUT2D eigenvalue weighted by Gasteiger charge is -2.28. The Morgan fingerprint density at radius 3 is 1.90 bits per heavy atom. The zero-order chi connectivity index (χ0) is 30.1. The number of methoxy groups -OCH3 is 5. The maximum absolute atomic E-state index is 14.5. The molecule has 0 fully saturated rings. The van der Waals surface area contributed by atoms with Crippen LogP contribution < -0.4 is 28.1 Å². The Hall–Kier alpha value is -4.11. The Balaban J connectivity index is 2.09. The average Bonchev–Trinajstić information content (AvgIpc) is 3.32. The van der Waals surface area contributed by atoms with Crippen molar-refractivity contribution in [2.24, 2.45) is 0 Å². The first-order chi connectivity index (χ1) is 19.5. The molecule has 0 spiro atoms. The van der Waals surface area contributed by atoms with Gasteiger partial charge in [0.2, 0.25) is 5.75 Å². The van der Waals surface area contributed by atoms with Gasteiger partial charge in [-0.15, -0.1) is 0 Å². The number of rotatable bonds is 10. The van der Waals surface area contributed by atoms with E-state index in [0.717, 1.165) is 27.8 Å². The van der Waals surface area contributed by atoms with Gasteiger partial charge in [0, 0.05) is 28.1 Å². The number of benzene rings is 3. The van der Waals surface area contributed by atoms with Crippen LogP contribution in [0.1, 0.15) is 42.3 Å². The number of aromatic nitrogens is 1. The van der Waals surface area contributed by atoms with E-state index in [-0.39, 0.29) is 11.2 Å². The molecule has 0 atom stereocenters. The Morgan fingerprint density at radius 1 is 0.756 bits per heavy atom. The predicted octanol–water partition coefficient (Wildman–Crippen LogP) is 7.04. The van der Waals surface area contributed by atoms with E-state index in [9.17, 15) is 4.79 Å². The zero-order valence-electron chi connectivity index (χ0n) is 25.4. The quantitative estimate of drug-likeness (QED) is 0.160. The van der Waals surface area contributed by atoms with Crippen LogP contribution in [0.4, 0.5) is 0 Å². The largest absolute Gasteiger partial charge is 0.542 e. The van der Waals surface area contributed by atoms with Crippen LogP contribution in [0.3, 0.4) is 0 Å². The lowest BCUT2D eigenvalue weighted by Crippen LogP contribution is -2.20. The Bertz CT molecular complexity index is 1560. The van der Waals surface area contributed by atoms with Gasteiger partial charge in [0.1, 0.15) is 17.2 Å². The van der Waals surface area contributed by atoms with E-state index in [1.165, 1.54) is 21.3 Å². The third kappa shape index (κ3) is 5.59. The minimum absolute atomic E-state index is 0.215. The van der Waals surface area contributed by atoms with E-state index in [1.807, 2.05) is 30.3 Å². The zero-order valence-corrected chi connectivity index (χ0v) is 26.4. The Morgan fingerprint density at radius 2 is 1.39 bits per heavy atom. The minimum atomic E-state index is -1.19. The molecule has 0 saturated carbocycles. The molecule has 0 bridgehead atoms. The molecule has 1 heterocycles. The monoisotopic (exact) mass is 576 g/mol. The van der Waals surface area contributed by atoms with Crippen LogP contribution in [-0.2, 0) is 5.41 Å². The lowest BCUT2D eigenvalue weighted by atomic mass is 9.83. The number of ether oxygens (including phenoxy) is 5. The minimum Gasteiger partial charge on any atom is -0.542 e. The van der Waals surface area contributed by atoms with Gasteiger partial charge in [0.25, 0.3) is 9.04 Å². The number of nitrogens with one attached hydrogen (secondary N) is 1. The molecule has 1 aromatic heterocycles. The van der Waals surface area contributed by atoms with Crippen molar-refractivity contribution < 1.29 is 32.9 Å². The highest BCUT2D eigenvalue weighted by Gasteiger charge is 2.31. The topological polar surface area (TPSA) is 88.2 Å². The summed E-state index contributed by atoms with van der Waals surface area (Å²) in [5.74, 6) is 3.09. The number of H-pyrrole nitrogens is 1. The van der Waals surface area contributed by atoms with Crippen LogP contribution in [0.25, 0.3) is 22.2 Å². The normalized spacial score (nSPS) is 11.5. The van der Waals surface area contributed by atoms with E-state index in [1.54, 1.807) is 26.4 Å². The number of hydrogen-bond acceptors (Lipinski definition) is 7. The lowest BCUT2D eigenvalue weighted by molar-refractivity contribution is 0.104. The summed E-state index contributed by atoms with van der Waals surface area (Å²) in [5, 5.41) is 0.747. The fraction of sp³-hybridized carbons (Fsp3) is 0.344. The molecule has 0 aliphatic rings. The van der Waals surface area contributed by atoms with Gasteiger partial charge in [-0.2, -0.15) is 0 Å². The van der Waals surface area contributed by atoms with Crippen LogP contribution in [0, 0.1) is 0 Å². The third-order valence-corrected chi connectivity index (χ3v) is 7.44. The summed E-state index contributed by atoms with van der Waals surface area (Å²) in [6.07, 6.45) is 0. The SMILES string of the molecule is COc1ccc2c(C(=O)c3cc(OC)c(OC)c(OC)c3)c(-c3ccc(OC)c(C(C)(C)C)c3O[Si](C)C)[nH]c2c1. The summed E-state index contributed by atoms with van der Waals surface area (Å²) >= 11 is 0. The van der Waals surface area contributed by atoms with Crippen LogP contribution >= 0.6 is 0 Å². The molecule has 0 amide bonds. The predicted molar refractivity (Wildman–Crippen MR) is 163 cm³/mol. The van der Waals surface area contributed by atoms with E-state index >= 15 is 0 Å². The van der Waals surface area contributed by atoms with Crippen molar-refractivity contribution in [3.05, 3.63) is 59.2 Å². The first kappa shape index (κ1) is 29.9. The molecular weight excluding hydrogens is 538 g/mol.